The molecular weight excluding hydrogens is 332 g/mol. The fraction of sp³-hybridized carbons (Fsp3) is 0. The molecule has 0 aromatic heterocycles. The van der Waals surface area contributed by atoms with Crippen molar-refractivity contribution < 1.29 is 68.6 Å². The Kier molecular flexibility index (Phi) is 28.2. The maximum absolute atomic E-state index is 9.38. The summed E-state index contributed by atoms with van der Waals surface area (Å²) in [5.74, 6) is 0. The molecule has 0 aromatic carbocycles. The Bertz CT molecular complexity index is 322. The van der Waals surface area contributed by atoms with Crippen molar-refractivity contribution in [1.29, 1.82) is 0 Å². The summed E-state index contributed by atoms with van der Waals surface area (Å²) >= 11 is -12.1. The number of rotatable bonds is 2. The van der Waals surface area contributed by atoms with Gasteiger partial charge in [-0.15, -0.1) is 0 Å². The number of quaternary nitrogens is 4. The van der Waals surface area contributed by atoms with Gasteiger partial charge in [-0.05, 0) is 6.16 Å². The van der Waals surface area contributed by atoms with Gasteiger partial charge in [-0.2, -0.15) is 0 Å². The van der Waals surface area contributed by atoms with E-state index in [4.69, 9.17) is 15.0 Å². The molecular formula is CH16Cr2N4O10. The van der Waals surface area contributed by atoms with E-state index in [1.807, 2.05) is 0 Å². The van der Waals surface area contributed by atoms with Gasteiger partial charge in [0.1, 0.15) is 0 Å². The first-order chi connectivity index (χ1) is 5.44. The average molecular weight is 348 g/mol. The quantitative estimate of drug-likeness (QED) is 0.375. The van der Waals surface area contributed by atoms with Crippen molar-refractivity contribution in [3.63, 3.8) is 0 Å². The van der Waals surface area contributed by atoms with Crippen LogP contribution in [0.2, 0.25) is 0 Å². The van der Waals surface area contributed by atoms with E-state index in [1.54, 1.807) is 0 Å². The van der Waals surface area contributed by atoms with Gasteiger partial charge in [0.05, 0.1) is 0 Å². The van der Waals surface area contributed by atoms with Crippen LogP contribution in [0.25, 0.3) is 0 Å². The molecule has 0 aromatic rings. The zero-order valence-electron chi connectivity index (χ0n) is 9.40. The third-order valence-electron chi connectivity index (χ3n) is 0.167. The molecule has 0 aliphatic carbocycles. The van der Waals surface area contributed by atoms with Crippen molar-refractivity contribution >= 4 is 6.16 Å². The van der Waals surface area contributed by atoms with Gasteiger partial charge >= 0.3 is 53.6 Å². The summed E-state index contributed by atoms with van der Waals surface area (Å²) < 4.78 is 58.9. The molecule has 0 atom stereocenters. The molecule has 14 nitrogen and oxygen atoms in total. The van der Waals surface area contributed by atoms with Crippen molar-refractivity contribution in [2.45, 2.75) is 0 Å². The summed E-state index contributed by atoms with van der Waals surface area (Å²) in [6, 6.07) is 0. The molecule has 0 rings (SSSR count). The van der Waals surface area contributed by atoms with Crippen LogP contribution in [-0.4, -0.2) is 6.16 Å². The minimum atomic E-state index is -6.07. The van der Waals surface area contributed by atoms with Gasteiger partial charge in [0.2, 0.25) is 0 Å². The standard InChI is InChI=1S/CH2O3.2Cr.4H3N.7O/c2-1(3)4;;;;;;;;;;;;;/h(H2,2,3,4);;;4*1H3;;;;;;;/q;;;;;;;;;;;;2*-1/p+2. The number of carbonyl (C=O) groups is 1. The van der Waals surface area contributed by atoms with Crippen molar-refractivity contribution in [3.8, 4) is 0 Å². The number of carboxylic acid groups (broad SMARTS) is 2. The molecule has 0 fully saturated rings. The van der Waals surface area contributed by atoms with E-state index in [0.29, 0.717) is 0 Å². The van der Waals surface area contributed by atoms with E-state index in [2.05, 4.69) is 2.84 Å². The Morgan fingerprint density at radius 1 is 0.765 bits per heavy atom. The van der Waals surface area contributed by atoms with Crippen molar-refractivity contribution in [2.24, 2.45) is 0 Å². The van der Waals surface area contributed by atoms with E-state index in [0.717, 1.165) is 0 Å². The SMILES string of the molecule is O=C([O-])[O-].[NH4+].[NH4+].[NH4+].[NH4+].[O]=[Cr](=[O])([O-])[O][Cr](=[O])(=[O])[O-]. The summed E-state index contributed by atoms with van der Waals surface area (Å²) in [5.41, 5.74) is 0. The van der Waals surface area contributed by atoms with Crippen molar-refractivity contribution in [1.82, 2.24) is 24.6 Å². The number of hydrogen-bond acceptors (Lipinski definition) is 10. The zero-order chi connectivity index (χ0) is 11.3. The summed E-state index contributed by atoms with van der Waals surface area (Å²) in [7, 11) is 0. The molecule has 0 unspecified atom stereocenters. The van der Waals surface area contributed by atoms with Crippen LogP contribution in [0.4, 0.5) is 4.79 Å². The fourth-order valence-corrected chi connectivity index (χ4v) is 1.74. The number of carbonyl (C=O) groups excluding carboxylic acids is 1. The van der Waals surface area contributed by atoms with Gasteiger partial charge in [-0.1, -0.05) is 0 Å². The Balaban J connectivity index is -0.0000000338. The maximum atomic E-state index is 9.38. The van der Waals surface area contributed by atoms with E-state index in [9.17, 15) is 23.5 Å². The topological polar surface area (TPSA) is 333 Å². The van der Waals surface area contributed by atoms with Crippen LogP contribution >= 0.6 is 0 Å². The van der Waals surface area contributed by atoms with E-state index in [1.165, 1.54) is 0 Å². The molecule has 0 heterocycles. The summed E-state index contributed by atoms with van der Waals surface area (Å²) in [5, 5.41) is 16.7. The molecule has 0 aliphatic heterocycles. The van der Waals surface area contributed by atoms with Crippen molar-refractivity contribution in [2.75, 3.05) is 0 Å². The van der Waals surface area contributed by atoms with E-state index >= 15 is 0 Å². The van der Waals surface area contributed by atoms with Gasteiger partial charge in [-0.25, -0.2) is 0 Å². The zero-order valence-corrected chi connectivity index (χ0v) is 11.9. The van der Waals surface area contributed by atoms with Crippen molar-refractivity contribution in [3.05, 3.63) is 0 Å². The van der Waals surface area contributed by atoms with Gasteiger partial charge in [0, 0.05) is 0 Å². The molecule has 0 spiro atoms. The predicted molar refractivity (Wildman–Crippen MR) is 33.2 cm³/mol. The van der Waals surface area contributed by atoms with Crippen LogP contribution in [0, 0.1) is 0 Å². The predicted octanol–water partition coefficient (Wildman–Crippen LogP) is -3.87. The molecule has 112 valence electrons. The van der Waals surface area contributed by atoms with Crippen LogP contribution in [0.3, 0.4) is 0 Å². The van der Waals surface area contributed by atoms with E-state index < -0.39 is 33.4 Å². The van der Waals surface area contributed by atoms with Crippen LogP contribution in [0.5, 0.6) is 0 Å². The fourth-order valence-electron chi connectivity index (χ4n) is 0.102. The van der Waals surface area contributed by atoms with Gasteiger partial charge in [0.15, 0.2) is 0 Å². The Morgan fingerprint density at radius 2 is 0.882 bits per heavy atom. The van der Waals surface area contributed by atoms with Crippen LogP contribution in [0.15, 0.2) is 0 Å². The second-order valence-electron chi connectivity index (χ2n) is 1.13. The molecule has 0 amide bonds. The average Bonchev–Trinajstić information content (AvgIpc) is 1.47. The molecule has 0 saturated carbocycles. The normalized spacial score (nSPS) is 8.59. The second-order valence-corrected chi connectivity index (χ2v) is 4.77. The Hall–Kier alpha value is -0.745. The third kappa shape index (κ3) is 97.1. The van der Waals surface area contributed by atoms with Crippen LogP contribution in [-0.2, 0) is 45.3 Å². The first kappa shape index (κ1) is 36.0. The molecule has 16 heteroatoms. The minimum absolute atomic E-state index is 0. The summed E-state index contributed by atoms with van der Waals surface area (Å²) in [6.45, 7) is 0. The molecule has 0 radical (unpaired) electrons. The van der Waals surface area contributed by atoms with Gasteiger partial charge < -0.3 is 39.6 Å². The summed E-state index contributed by atoms with van der Waals surface area (Å²) in [4.78, 5) is 8.33. The van der Waals surface area contributed by atoms with Crippen LogP contribution < -0.4 is 43.1 Å². The molecule has 0 aliphatic rings. The molecule has 0 saturated heterocycles. The number of hydrogen-bond donors (Lipinski definition) is 4. The second kappa shape index (κ2) is 13.3. The molecule has 17 heavy (non-hydrogen) atoms. The third-order valence-corrected chi connectivity index (χ3v) is 2.83. The Labute approximate surface area is 99.7 Å². The van der Waals surface area contributed by atoms with Gasteiger partial charge in [-0.3, -0.25) is 0 Å². The first-order valence-electron chi connectivity index (χ1n) is 1.95. The molecule has 16 N–H and O–H groups in total. The molecule has 0 bridgehead atoms. The van der Waals surface area contributed by atoms with Crippen LogP contribution in [0.1, 0.15) is 0 Å². The first-order valence-corrected chi connectivity index (χ1v) is 6.11. The van der Waals surface area contributed by atoms with Gasteiger partial charge in [0.25, 0.3) is 0 Å². The summed E-state index contributed by atoms with van der Waals surface area (Å²) in [6.07, 6.45) is -2.33. The van der Waals surface area contributed by atoms with E-state index in [-0.39, 0.29) is 24.6 Å². The monoisotopic (exact) mass is 348 g/mol. The Morgan fingerprint density at radius 3 is 0.882 bits per heavy atom.